The van der Waals surface area contributed by atoms with E-state index in [2.05, 4.69) is 10.6 Å². The Bertz CT molecular complexity index is 472. The summed E-state index contributed by atoms with van der Waals surface area (Å²) in [7, 11) is 0. The Morgan fingerprint density at radius 2 is 2.00 bits per heavy atom. The number of carbonyl (C=O) groups is 2. The second-order valence-electron chi connectivity index (χ2n) is 5.09. The summed E-state index contributed by atoms with van der Waals surface area (Å²) in [5, 5.41) is 5.54. The van der Waals surface area contributed by atoms with Gasteiger partial charge in [-0.05, 0) is 38.5 Å². The summed E-state index contributed by atoms with van der Waals surface area (Å²) in [6, 6.07) is 6.37. The van der Waals surface area contributed by atoms with Crippen LogP contribution in [-0.4, -0.2) is 23.9 Å². The van der Waals surface area contributed by atoms with E-state index < -0.39 is 6.04 Å². The summed E-state index contributed by atoms with van der Waals surface area (Å²) in [4.78, 5) is 23.7. The highest BCUT2D eigenvalue weighted by Gasteiger charge is 2.13. The number of rotatable bonds is 6. The highest BCUT2D eigenvalue weighted by molar-refractivity contribution is 5.98. The van der Waals surface area contributed by atoms with Crippen molar-refractivity contribution in [3.8, 4) is 0 Å². The van der Waals surface area contributed by atoms with Crippen LogP contribution >= 0.6 is 0 Å². The van der Waals surface area contributed by atoms with Crippen LogP contribution in [0, 0.1) is 0 Å². The van der Waals surface area contributed by atoms with Crippen LogP contribution in [0.4, 0.5) is 5.69 Å². The van der Waals surface area contributed by atoms with Crippen LogP contribution in [0.15, 0.2) is 24.3 Å². The highest BCUT2D eigenvalue weighted by atomic mass is 16.2. The lowest BCUT2D eigenvalue weighted by molar-refractivity contribution is -0.117. The number of nitrogens with two attached hydrogens (primary N) is 1. The van der Waals surface area contributed by atoms with Gasteiger partial charge in [0.25, 0.3) is 5.91 Å². The molecule has 5 nitrogen and oxygen atoms in total. The normalized spacial score (nSPS) is 12.1. The van der Waals surface area contributed by atoms with Gasteiger partial charge in [-0.25, -0.2) is 0 Å². The molecule has 1 aromatic carbocycles. The lowest BCUT2D eigenvalue weighted by atomic mass is 10.1. The predicted octanol–water partition coefficient (Wildman–Crippen LogP) is 1.89. The number of amides is 2. The topological polar surface area (TPSA) is 84.2 Å². The van der Waals surface area contributed by atoms with Gasteiger partial charge in [0.1, 0.15) is 0 Å². The van der Waals surface area contributed by atoms with E-state index in [1.165, 1.54) is 0 Å². The molecule has 4 N–H and O–H groups in total. The van der Waals surface area contributed by atoms with Crippen molar-refractivity contribution >= 4 is 17.5 Å². The first kappa shape index (κ1) is 16.2. The van der Waals surface area contributed by atoms with E-state index in [9.17, 15) is 9.59 Å². The number of hydrogen-bond donors (Lipinski definition) is 3. The second kappa shape index (κ2) is 7.65. The summed E-state index contributed by atoms with van der Waals surface area (Å²) in [5.74, 6) is -0.387. The highest BCUT2D eigenvalue weighted by Crippen LogP contribution is 2.11. The number of hydrogen-bond acceptors (Lipinski definition) is 3. The van der Waals surface area contributed by atoms with Crippen LogP contribution in [0.25, 0.3) is 0 Å². The molecule has 1 rings (SSSR count). The van der Waals surface area contributed by atoms with Gasteiger partial charge >= 0.3 is 0 Å². The molecule has 0 aliphatic rings. The fourth-order valence-corrected chi connectivity index (χ4v) is 1.76. The van der Waals surface area contributed by atoms with Gasteiger partial charge in [0.15, 0.2) is 0 Å². The van der Waals surface area contributed by atoms with Crippen molar-refractivity contribution in [1.82, 2.24) is 5.32 Å². The Balaban J connectivity index is 2.73. The van der Waals surface area contributed by atoms with Crippen molar-refractivity contribution in [2.75, 3.05) is 5.32 Å². The molecule has 20 heavy (non-hydrogen) atoms. The third-order valence-corrected chi connectivity index (χ3v) is 2.75. The van der Waals surface area contributed by atoms with E-state index in [0.29, 0.717) is 17.7 Å². The second-order valence-corrected chi connectivity index (χ2v) is 5.09. The molecule has 1 aromatic rings. The van der Waals surface area contributed by atoms with Gasteiger partial charge in [-0.15, -0.1) is 0 Å². The van der Waals surface area contributed by atoms with Crippen LogP contribution in [0.3, 0.4) is 0 Å². The molecular weight excluding hydrogens is 254 g/mol. The van der Waals surface area contributed by atoms with Gasteiger partial charge in [-0.2, -0.15) is 0 Å². The number of carbonyl (C=O) groups excluding carboxylic acids is 2. The van der Waals surface area contributed by atoms with E-state index in [-0.39, 0.29) is 17.9 Å². The van der Waals surface area contributed by atoms with E-state index in [0.717, 1.165) is 6.42 Å². The summed E-state index contributed by atoms with van der Waals surface area (Å²) in [6.45, 7) is 5.77. The van der Waals surface area contributed by atoms with Crippen molar-refractivity contribution in [1.29, 1.82) is 0 Å². The van der Waals surface area contributed by atoms with Crippen molar-refractivity contribution in [3.63, 3.8) is 0 Å². The van der Waals surface area contributed by atoms with Crippen molar-refractivity contribution < 1.29 is 9.59 Å². The molecule has 5 heteroatoms. The van der Waals surface area contributed by atoms with Crippen LogP contribution < -0.4 is 16.4 Å². The van der Waals surface area contributed by atoms with Crippen molar-refractivity contribution in [3.05, 3.63) is 29.8 Å². The first-order valence-electron chi connectivity index (χ1n) is 6.91. The molecule has 0 aromatic heterocycles. The minimum absolute atomic E-state index is 0.0683. The van der Waals surface area contributed by atoms with Crippen LogP contribution in [0.1, 0.15) is 44.0 Å². The van der Waals surface area contributed by atoms with E-state index in [1.54, 1.807) is 24.3 Å². The average Bonchev–Trinajstić information content (AvgIpc) is 2.38. The zero-order valence-corrected chi connectivity index (χ0v) is 12.3. The Hall–Kier alpha value is -1.88. The van der Waals surface area contributed by atoms with Crippen molar-refractivity contribution in [2.24, 2.45) is 5.73 Å². The van der Waals surface area contributed by atoms with E-state index >= 15 is 0 Å². The Kier molecular flexibility index (Phi) is 6.18. The molecule has 0 bridgehead atoms. The zero-order valence-electron chi connectivity index (χ0n) is 12.3. The maximum Gasteiger partial charge on any atom is 0.251 e. The fraction of sp³-hybridized carbons (Fsp3) is 0.467. The average molecular weight is 277 g/mol. The quantitative estimate of drug-likeness (QED) is 0.742. The molecule has 0 spiro atoms. The Labute approximate surface area is 119 Å². The molecule has 0 radical (unpaired) electrons. The maximum absolute atomic E-state index is 11.9. The molecule has 2 amide bonds. The van der Waals surface area contributed by atoms with Gasteiger partial charge in [0, 0.05) is 17.3 Å². The molecule has 110 valence electrons. The first-order chi connectivity index (χ1) is 9.43. The van der Waals surface area contributed by atoms with Gasteiger partial charge in [0.2, 0.25) is 5.91 Å². The maximum atomic E-state index is 11.9. The molecular formula is C15H23N3O2. The molecule has 0 heterocycles. The minimum atomic E-state index is -0.520. The molecule has 0 saturated carbocycles. The van der Waals surface area contributed by atoms with Gasteiger partial charge in [-0.3, -0.25) is 9.59 Å². The summed E-state index contributed by atoms with van der Waals surface area (Å²) < 4.78 is 0. The zero-order chi connectivity index (χ0) is 15.1. The molecule has 1 atom stereocenters. The van der Waals surface area contributed by atoms with E-state index in [4.69, 9.17) is 5.73 Å². The summed E-state index contributed by atoms with van der Waals surface area (Å²) in [6.07, 6.45) is 1.49. The first-order valence-corrected chi connectivity index (χ1v) is 6.91. The summed E-state index contributed by atoms with van der Waals surface area (Å²) >= 11 is 0. The van der Waals surface area contributed by atoms with Gasteiger partial charge in [0.05, 0.1) is 6.04 Å². The Morgan fingerprint density at radius 1 is 1.30 bits per heavy atom. The third-order valence-electron chi connectivity index (χ3n) is 2.75. The van der Waals surface area contributed by atoms with Gasteiger partial charge < -0.3 is 16.4 Å². The number of anilines is 1. The van der Waals surface area contributed by atoms with Crippen LogP contribution in [0.5, 0.6) is 0 Å². The standard InChI is InChI=1S/C15H23N3O2/c1-4-6-13(16)15(20)18-12-8-5-7-11(9-12)14(19)17-10(2)3/h5,7-10,13H,4,6,16H2,1-3H3,(H,17,19)(H,18,20)/t13-/m1/s1. The predicted molar refractivity (Wildman–Crippen MR) is 80.6 cm³/mol. The Morgan fingerprint density at radius 3 is 2.60 bits per heavy atom. The molecule has 0 fully saturated rings. The molecule has 0 aliphatic heterocycles. The minimum Gasteiger partial charge on any atom is -0.350 e. The van der Waals surface area contributed by atoms with Gasteiger partial charge in [-0.1, -0.05) is 19.4 Å². The number of nitrogens with one attached hydrogen (secondary N) is 2. The molecule has 0 saturated heterocycles. The monoisotopic (exact) mass is 277 g/mol. The third kappa shape index (κ3) is 5.01. The lowest BCUT2D eigenvalue weighted by Crippen LogP contribution is -2.35. The van der Waals surface area contributed by atoms with E-state index in [1.807, 2.05) is 20.8 Å². The van der Waals surface area contributed by atoms with Crippen LogP contribution in [-0.2, 0) is 4.79 Å². The smallest absolute Gasteiger partial charge is 0.251 e. The van der Waals surface area contributed by atoms with Crippen LogP contribution in [0.2, 0.25) is 0 Å². The molecule has 0 aliphatic carbocycles. The lowest BCUT2D eigenvalue weighted by Gasteiger charge is -2.12. The van der Waals surface area contributed by atoms with Crippen molar-refractivity contribution in [2.45, 2.75) is 45.7 Å². The SMILES string of the molecule is CCC[C@@H](N)C(=O)Nc1cccc(C(=O)NC(C)C)c1. The number of benzene rings is 1. The largest absolute Gasteiger partial charge is 0.350 e. The fourth-order valence-electron chi connectivity index (χ4n) is 1.76. The summed E-state index contributed by atoms with van der Waals surface area (Å²) in [5.41, 5.74) is 6.84. The molecule has 0 unspecified atom stereocenters.